The third kappa shape index (κ3) is 2.72. The minimum absolute atomic E-state index is 0.565. The van der Waals surface area contributed by atoms with Crippen molar-refractivity contribution in [2.24, 2.45) is 13.0 Å². The topological polar surface area (TPSA) is 29.9 Å². The third-order valence-electron chi connectivity index (χ3n) is 3.66. The maximum absolute atomic E-state index is 4.73. The Labute approximate surface area is 109 Å². The third-order valence-corrected chi connectivity index (χ3v) is 3.66. The van der Waals surface area contributed by atoms with Crippen LogP contribution in [0.25, 0.3) is 11.0 Å². The molecule has 1 heterocycles. The van der Waals surface area contributed by atoms with Crippen LogP contribution < -0.4 is 5.32 Å². The molecular formula is C15H23N3. The molecule has 0 saturated heterocycles. The fourth-order valence-corrected chi connectivity index (χ4v) is 2.49. The first-order valence-corrected chi connectivity index (χ1v) is 6.69. The van der Waals surface area contributed by atoms with Crippen LogP contribution >= 0.6 is 0 Å². The molecule has 2 rings (SSSR count). The van der Waals surface area contributed by atoms with Gasteiger partial charge in [-0.3, -0.25) is 0 Å². The molecule has 2 aromatic rings. The SMILES string of the molecule is CNC(C)CC(C)Cc1nc2ccccc2n1C. The van der Waals surface area contributed by atoms with Gasteiger partial charge in [-0.2, -0.15) is 0 Å². The van der Waals surface area contributed by atoms with E-state index in [1.807, 2.05) is 13.1 Å². The molecule has 0 radical (unpaired) electrons. The summed E-state index contributed by atoms with van der Waals surface area (Å²) >= 11 is 0. The average Bonchev–Trinajstić information content (AvgIpc) is 2.66. The Morgan fingerprint density at radius 2 is 2.00 bits per heavy atom. The summed E-state index contributed by atoms with van der Waals surface area (Å²) in [4.78, 5) is 4.73. The summed E-state index contributed by atoms with van der Waals surface area (Å²) in [6.45, 7) is 4.53. The van der Waals surface area contributed by atoms with Crippen molar-refractivity contribution >= 4 is 11.0 Å². The van der Waals surface area contributed by atoms with E-state index in [0.717, 1.165) is 11.9 Å². The fraction of sp³-hybridized carbons (Fsp3) is 0.533. The van der Waals surface area contributed by atoms with Gasteiger partial charge in [0.15, 0.2) is 0 Å². The first-order valence-electron chi connectivity index (χ1n) is 6.69. The van der Waals surface area contributed by atoms with Gasteiger partial charge in [0.2, 0.25) is 0 Å². The molecule has 18 heavy (non-hydrogen) atoms. The molecule has 3 heteroatoms. The molecule has 0 spiro atoms. The summed E-state index contributed by atoms with van der Waals surface area (Å²) < 4.78 is 2.22. The van der Waals surface area contributed by atoms with Gasteiger partial charge in [-0.1, -0.05) is 19.1 Å². The van der Waals surface area contributed by atoms with Gasteiger partial charge in [0, 0.05) is 19.5 Å². The lowest BCUT2D eigenvalue weighted by molar-refractivity contribution is 0.431. The smallest absolute Gasteiger partial charge is 0.109 e. The summed E-state index contributed by atoms with van der Waals surface area (Å²) in [5, 5.41) is 3.30. The average molecular weight is 245 g/mol. The lowest BCUT2D eigenvalue weighted by atomic mass is 9.99. The molecule has 98 valence electrons. The van der Waals surface area contributed by atoms with Gasteiger partial charge in [-0.15, -0.1) is 0 Å². The second-order valence-electron chi connectivity index (χ2n) is 5.31. The Bertz CT molecular complexity index is 515. The number of nitrogens with zero attached hydrogens (tertiary/aromatic N) is 2. The number of aromatic nitrogens is 2. The molecule has 2 unspecified atom stereocenters. The van der Waals surface area contributed by atoms with Crippen LogP contribution in [-0.4, -0.2) is 22.6 Å². The number of hydrogen-bond donors (Lipinski definition) is 1. The summed E-state index contributed by atoms with van der Waals surface area (Å²) in [6.07, 6.45) is 2.22. The molecule has 1 N–H and O–H groups in total. The first kappa shape index (κ1) is 13.1. The quantitative estimate of drug-likeness (QED) is 0.878. The highest BCUT2D eigenvalue weighted by Crippen LogP contribution is 2.18. The van der Waals surface area contributed by atoms with Crippen molar-refractivity contribution in [1.29, 1.82) is 0 Å². The van der Waals surface area contributed by atoms with Crippen LogP contribution in [0, 0.1) is 5.92 Å². The van der Waals surface area contributed by atoms with E-state index in [1.54, 1.807) is 0 Å². The summed E-state index contributed by atoms with van der Waals surface area (Å²) in [5.74, 6) is 1.83. The first-order chi connectivity index (χ1) is 8.61. The van der Waals surface area contributed by atoms with Gasteiger partial charge in [-0.25, -0.2) is 4.98 Å². The van der Waals surface area contributed by atoms with Crippen LogP contribution in [0.5, 0.6) is 0 Å². The number of aryl methyl sites for hydroxylation is 1. The van der Waals surface area contributed by atoms with E-state index in [1.165, 1.54) is 17.8 Å². The summed E-state index contributed by atoms with van der Waals surface area (Å²) in [5.41, 5.74) is 2.32. The van der Waals surface area contributed by atoms with E-state index >= 15 is 0 Å². The minimum Gasteiger partial charge on any atom is -0.331 e. The molecule has 0 saturated carbocycles. The highest BCUT2D eigenvalue weighted by molar-refractivity contribution is 5.75. The lowest BCUT2D eigenvalue weighted by Crippen LogP contribution is -2.24. The summed E-state index contributed by atoms with van der Waals surface area (Å²) in [6, 6.07) is 8.90. The predicted molar refractivity (Wildman–Crippen MR) is 76.7 cm³/mol. The maximum atomic E-state index is 4.73. The molecule has 0 aliphatic heterocycles. The van der Waals surface area contributed by atoms with Crippen LogP contribution in [-0.2, 0) is 13.5 Å². The van der Waals surface area contributed by atoms with E-state index in [0.29, 0.717) is 12.0 Å². The van der Waals surface area contributed by atoms with Gasteiger partial charge in [0.1, 0.15) is 5.82 Å². The van der Waals surface area contributed by atoms with Crippen molar-refractivity contribution in [1.82, 2.24) is 14.9 Å². The minimum atomic E-state index is 0.565. The van der Waals surface area contributed by atoms with Crippen LogP contribution in [0.4, 0.5) is 0 Å². The number of hydrogen-bond acceptors (Lipinski definition) is 2. The molecule has 1 aromatic heterocycles. The van der Waals surface area contributed by atoms with E-state index in [2.05, 4.69) is 49.0 Å². The fourth-order valence-electron chi connectivity index (χ4n) is 2.49. The zero-order valence-corrected chi connectivity index (χ0v) is 11.8. The van der Waals surface area contributed by atoms with Crippen molar-refractivity contribution in [2.45, 2.75) is 32.7 Å². The Hall–Kier alpha value is -1.35. The van der Waals surface area contributed by atoms with Gasteiger partial charge < -0.3 is 9.88 Å². The molecular weight excluding hydrogens is 222 g/mol. The number of fused-ring (bicyclic) bond motifs is 1. The molecule has 0 amide bonds. The number of para-hydroxylation sites is 2. The Morgan fingerprint density at radius 1 is 1.28 bits per heavy atom. The van der Waals surface area contributed by atoms with Crippen molar-refractivity contribution < 1.29 is 0 Å². The summed E-state index contributed by atoms with van der Waals surface area (Å²) in [7, 11) is 4.13. The van der Waals surface area contributed by atoms with Gasteiger partial charge >= 0.3 is 0 Å². The largest absolute Gasteiger partial charge is 0.331 e. The number of imidazole rings is 1. The molecule has 1 aromatic carbocycles. The van der Waals surface area contributed by atoms with Crippen molar-refractivity contribution in [3.8, 4) is 0 Å². The standard InChI is InChI=1S/C15H23N3/c1-11(9-12(2)16-3)10-15-17-13-7-5-6-8-14(13)18(15)4/h5-8,11-12,16H,9-10H2,1-4H3. The van der Waals surface area contributed by atoms with E-state index in [9.17, 15) is 0 Å². The predicted octanol–water partition coefficient (Wildman–Crippen LogP) is 2.75. The molecule has 0 fully saturated rings. The Balaban J connectivity index is 2.14. The van der Waals surface area contributed by atoms with Gasteiger partial charge in [-0.05, 0) is 38.4 Å². The highest BCUT2D eigenvalue weighted by atomic mass is 15.1. The molecule has 0 bridgehead atoms. The molecule has 0 aliphatic carbocycles. The molecule has 2 atom stereocenters. The second kappa shape index (κ2) is 5.53. The molecule has 0 aliphatic rings. The number of benzene rings is 1. The van der Waals surface area contributed by atoms with Crippen LogP contribution in [0.3, 0.4) is 0 Å². The Morgan fingerprint density at radius 3 is 2.67 bits per heavy atom. The van der Waals surface area contributed by atoms with Crippen molar-refractivity contribution in [3.63, 3.8) is 0 Å². The monoisotopic (exact) mass is 245 g/mol. The van der Waals surface area contributed by atoms with Crippen LogP contribution in [0.1, 0.15) is 26.1 Å². The van der Waals surface area contributed by atoms with Crippen molar-refractivity contribution in [3.05, 3.63) is 30.1 Å². The van der Waals surface area contributed by atoms with Gasteiger partial charge in [0.05, 0.1) is 11.0 Å². The molecule has 3 nitrogen and oxygen atoms in total. The second-order valence-corrected chi connectivity index (χ2v) is 5.31. The Kier molecular flexibility index (Phi) is 4.02. The normalized spacial score (nSPS) is 14.9. The van der Waals surface area contributed by atoms with Crippen molar-refractivity contribution in [2.75, 3.05) is 7.05 Å². The zero-order valence-electron chi connectivity index (χ0n) is 11.8. The number of rotatable bonds is 5. The lowest BCUT2D eigenvalue weighted by Gasteiger charge is -2.16. The van der Waals surface area contributed by atoms with E-state index < -0.39 is 0 Å². The van der Waals surface area contributed by atoms with E-state index in [-0.39, 0.29) is 0 Å². The van der Waals surface area contributed by atoms with Gasteiger partial charge in [0.25, 0.3) is 0 Å². The maximum Gasteiger partial charge on any atom is 0.109 e. The number of nitrogens with one attached hydrogen (secondary N) is 1. The van der Waals surface area contributed by atoms with E-state index in [4.69, 9.17) is 4.98 Å². The highest BCUT2D eigenvalue weighted by Gasteiger charge is 2.13. The van der Waals surface area contributed by atoms with Crippen LogP contribution in [0.2, 0.25) is 0 Å². The van der Waals surface area contributed by atoms with Crippen LogP contribution in [0.15, 0.2) is 24.3 Å². The zero-order chi connectivity index (χ0) is 13.1.